The summed E-state index contributed by atoms with van der Waals surface area (Å²) >= 11 is 0. The third-order valence-corrected chi connectivity index (χ3v) is 3.20. The Hall–Kier alpha value is -2.61. The van der Waals surface area contributed by atoms with Crippen LogP contribution in [0.25, 0.3) is 0 Å². The second-order valence-electron chi connectivity index (χ2n) is 4.49. The van der Waals surface area contributed by atoms with Crippen LogP contribution in [-0.2, 0) is 13.5 Å². The number of hydrogen-bond acceptors (Lipinski definition) is 3. The maximum absolute atomic E-state index is 12.5. The monoisotopic (exact) mass is 268 g/mol. The van der Waals surface area contributed by atoms with Crippen LogP contribution in [0.15, 0.2) is 30.3 Å². The zero-order valence-electron chi connectivity index (χ0n) is 11.8. The lowest BCUT2D eigenvalue weighted by atomic mass is 10.1. The smallest absolute Gasteiger partial charge is 0.276 e. The Morgan fingerprint density at radius 1 is 1.45 bits per heavy atom. The number of anilines is 1. The molecule has 1 heterocycles. The fourth-order valence-electron chi connectivity index (χ4n) is 2.04. The van der Waals surface area contributed by atoms with E-state index in [-0.39, 0.29) is 5.91 Å². The normalized spacial score (nSPS) is 10.1. The van der Waals surface area contributed by atoms with Gasteiger partial charge in [-0.3, -0.25) is 9.48 Å². The van der Waals surface area contributed by atoms with Crippen molar-refractivity contribution < 1.29 is 4.79 Å². The molecule has 0 radical (unpaired) electrons. The summed E-state index contributed by atoms with van der Waals surface area (Å²) in [7, 11) is 3.41. The fraction of sp³-hybridized carbons (Fsp3) is 0.267. The highest BCUT2D eigenvalue weighted by molar-refractivity contribution is 6.05. The molecule has 0 unspecified atom stereocenters. The summed E-state index contributed by atoms with van der Waals surface area (Å²) in [5.74, 6) is -0.178. The van der Waals surface area contributed by atoms with Crippen molar-refractivity contribution >= 4 is 11.6 Å². The van der Waals surface area contributed by atoms with Crippen LogP contribution < -0.4 is 4.90 Å². The van der Waals surface area contributed by atoms with Crippen molar-refractivity contribution in [2.45, 2.75) is 13.3 Å². The zero-order chi connectivity index (χ0) is 14.7. The van der Waals surface area contributed by atoms with Gasteiger partial charge in [0.1, 0.15) is 11.8 Å². The van der Waals surface area contributed by atoms with E-state index < -0.39 is 0 Å². The van der Waals surface area contributed by atoms with Crippen LogP contribution in [0.2, 0.25) is 0 Å². The molecule has 0 aliphatic heterocycles. The molecule has 0 saturated heterocycles. The summed E-state index contributed by atoms with van der Waals surface area (Å²) in [5, 5.41) is 13.4. The Labute approximate surface area is 118 Å². The Balaban J connectivity index is 2.38. The number of carbonyl (C=O) groups is 1. The topological polar surface area (TPSA) is 61.9 Å². The predicted molar refractivity (Wildman–Crippen MR) is 76.5 cm³/mol. The van der Waals surface area contributed by atoms with E-state index in [1.54, 1.807) is 49.1 Å². The van der Waals surface area contributed by atoms with Gasteiger partial charge in [-0.15, -0.1) is 0 Å². The molecule has 0 atom stereocenters. The van der Waals surface area contributed by atoms with E-state index in [0.717, 1.165) is 12.1 Å². The minimum absolute atomic E-state index is 0.178. The average molecular weight is 268 g/mol. The molecule has 0 aliphatic rings. The molecule has 0 N–H and O–H groups in total. The minimum Gasteiger partial charge on any atom is -0.309 e. The largest absolute Gasteiger partial charge is 0.309 e. The van der Waals surface area contributed by atoms with Gasteiger partial charge in [-0.1, -0.05) is 19.1 Å². The molecule has 0 aliphatic carbocycles. The fourth-order valence-corrected chi connectivity index (χ4v) is 2.04. The van der Waals surface area contributed by atoms with E-state index in [1.807, 2.05) is 6.92 Å². The lowest BCUT2D eigenvalue weighted by Crippen LogP contribution is -2.28. The molecule has 20 heavy (non-hydrogen) atoms. The van der Waals surface area contributed by atoms with Gasteiger partial charge in [0.25, 0.3) is 5.91 Å². The Kier molecular flexibility index (Phi) is 3.85. The number of nitriles is 1. The quantitative estimate of drug-likeness (QED) is 0.856. The highest BCUT2D eigenvalue weighted by atomic mass is 16.2. The molecule has 5 heteroatoms. The Bertz CT molecular complexity index is 681. The number of hydrogen-bond donors (Lipinski definition) is 0. The SMILES string of the molecule is CCc1cc(C(=O)N(C)c2ccccc2C#N)n(C)n1. The molecular weight excluding hydrogens is 252 g/mol. The second-order valence-corrected chi connectivity index (χ2v) is 4.49. The summed E-state index contributed by atoms with van der Waals surface area (Å²) in [6.07, 6.45) is 0.777. The Morgan fingerprint density at radius 2 is 2.15 bits per heavy atom. The molecule has 1 aromatic carbocycles. The summed E-state index contributed by atoms with van der Waals surface area (Å²) in [4.78, 5) is 14.0. The number of rotatable bonds is 3. The van der Waals surface area contributed by atoms with E-state index in [2.05, 4.69) is 11.2 Å². The number of benzene rings is 1. The molecule has 0 saturated carbocycles. The van der Waals surface area contributed by atoms with Gasteiger partial charge >= 0.3 is 0 Å². The third-order valence-electron chi connectivity index (χ3n) is 3.20. The van der Waals surface area contributed by atoms with Gasteiger partial charge in [0.15, 0.2) is 0 Å². The second kappa shape index (κ2) is 5.57. The molecule has 5 nitrogen and oxygen atoms in total. The highest BCUT2D eigenvalue weighted by Crippen LogP contribution is 2.20. The maximum Gasteiger partial charge on any atom is 0.276 e. The summed E-state index contributed by atoms with van der Waals surface area (Å²) in [5.41, 5.74) is 2.45. The first-order valence-corrected chi connectivity index (χ1v) is 6.38. The predicted octanol–water partition coefficient (Wildman–Crippen LogP) is 2.13. The van der Waals surface area contributed by atoms with E-state index in [1.165, 1.54) is 4.90 Å². The van der Waals surface area contributed by atoms with Gasteiger partial charge in [0.05, 0.1) is 16.9 Å². The third kappa shape index (κ3) is 2.41. The van der Waals surface area contributed by atoms with Crippen LogP contribution in [-0.4, -0.2) is 22.7 Å². The molecule has 2 aromatic rings. The van der Waals surface area contributed by atoms with Crippen molar-refractivity contribution in [2.24, 2.45) is 7.05 Å². The maximum atomic E-state index is 12.5. The lowest BCUT2D eigenvalue weighted by molar-refractivity contribution is 0.0984. The van der Waals surface area contributed by atoms with Gasteiger partial charge in [-0.25, -0.2) is 0 Å². The average Bonchev–Trinajstić information content (AvgIpc) is 2.86. The number of aryl methyl sites for hydroxylation is 2. The number of carbonyl (C=O) groups excluding carboxylic acids is 1. The molecule has 0 fully saturated rings. The summed E-state index contributed by atoms with van der Waals surface area (Å²) in [6, 6.07) is 10.9. The van der Waals surface area contributed by atoms with Gasteiger partial charge in [-0.05, 0) is 24.6 Å². The van der Waals surface area contributed by atoms with Crippen LogP contribution in [0, 0.1) is 11.3 Å². The zero-order valence-corrected chi connectivity index (χ0v) is 11.8. The van der Waals surface area contributed by atoms with Crippen molar-refractivity contribution in [3.63, 3.8) is 0 Å². The summed E-state index contributed by atoms with van der Waals surface area (Å²) < 4.78 is 1.58. The van der Waals surface area contributed by atoms with Crippen LogP contribution in [0.5, 0.6) is 0 Å². The standard InChI is InChI=1S/C15H16N4O/c1-4-12-9-14(19(3)17-12)15(20)18(2)13-8-6-5-7-11(13)10-16/h5-9H,4H2,1-3H3. The molecule has 1 aromatic heterocycles. The molecule has 1 amide bonds. The van der Waals surface area contributed by atoms with Gasteiger partial charge < -0.3 is 4.90 Å². The van der Waals surface area contributed by atoms with Crippen LogP contribution in [0.1, 0.15) is 28.7 Å². The van der Waals surface area contributed by atoms with Crippen LogP contribution in [0.3, 0.4) is 0 Å². The number of aromatic nitrogens is 2. The Morgan fingerprint density at radius 3 is 2.75 bits per heavy atom. The molecular formula is C15H16N4O. The van der Waals surface area contributed by atoms with Crippen LogP contribution >= 0.6 is 0 Å². The van der Waals surface area contributed by atoms with Gasteiger partial charge in [0.2, 0.25) is 0 Å². The molecule has 102 valence electrons. The lowest BCUT2D eigenvalue weighted by Gasteiger charge is -2.18. The van der Waals surface area contributed by atoms with Crippen molar-refractivity contribution in [3.05, 3.63) is 47.3 Å². The highest BCUT2D eigenvalue weighted by Gasteiger charge is 2.20. The number of amides is 1. The van der Waals surface area contributed by atoms with E-state index in [0.29, 0.717) is 16.9 Å². The van der Waals surface area contributed by atoms with Crippen molar-refractivity contribution in [1.29, 1.82) is 5.26 Å². The summed E-state index contributed by atoms with van der Waals surface area (Å²) in [6.45, 7) is 1.99. The first-order chi connectivity index (χ1) is 9.58. The van der Waals surface area contributed by atoms with Gasteiger partial charge in [0, 0.05) is 14.1 Å². The van der Waals surface area contributed by atoms with Crippen LogP contribution in [0.4, 0.5) is 5.69 Å². The first-order valence-electron chi connectivity index (χ1n) is 6.38. The van der Waals surface area contributed by atoms with Crippen molar-refractivity contribution in [2.75, 3.05) is 11.9 Å². The number of para-hydroxylation sites is 1. The first kappa shape index (κ1) is 13.8. The van der Waals surface area contributed by atoms with E-state index in [4.69, 9.17) is 5.26 Å². The van der Waals surface area contributed by atoms with E-state index in [9.17, 15) is 4.79 Å². The molecule has 0 spiro atoms. The van der Waals surface area contributed by atoms with Crippen molar-refractivity contribution in [1.82, 2.24) is 9.78 Å². The molecule has 0 bridgehead atoms. The molecule has 2 rings (SSSR count). The van der Waals surface area contributed by atoms with Crippen molar-refractivity contribution in [3.8, 4) is 6.07 Å². The van der Waals surface area contributed by atoms with E-state index >= 15 is 0 Å². The van der Waals surface area contributed by atoms with Gasteiger partial charge in [-0.2, -0.15) is 10.4 Å². The number of nitrogens with zero attached hydrogens (tertiary/aromatic N) is 4. The minimum atomic E-state index is -0.178.